The van der Waals surface area contributed by atoms with Crippen LogP contribution in [0.2, 0.25) is 0 Å². The number of benzene rings is 1. The maximum absolute atomic E-state index is 3.44. The number of rotatable bonds is 3. The zero-order valence-corrected chi connectivity index (χ0v) is 13.1. The molecule has 0 aliphatic rings. The van der Waals surface area contributed by atoms with E-state index in [4.69, 9.17) is 0 Å². The first-order valence-corrected chi connectivity index (χ1v) is 6.91. The molecule has 0 fully saturated rings. The Morgan fingerprint density at radius 2 is 1.44 bits per heavy atom. The van der Waals surface area contributed by atoms with Gasteiger partial charge in [0.15, 0.2) is 0 Å². The number of likely N-dealkylation sites (N-methyl/N-ethyl adjacent to an activating group) is 1. The molecule has 1 aromatic rings. The summed E-state index contributed by atoms with van der Waals surface area (Å²) in [5, 5.41) is 3.44. The highest BCUT2D eigenvalue weighted by Crippen LogP contribution is 2.25. The van der Waals surface area contributed by atoms with Crippen LogP contribution in [-0.4, -0.2) is 13.1 Å². The van der Waals surface area contributed by atoms with E-state index in [1.165, 1.54) is 11.1 Å². The van der Waals surface area contributed by atoms with E-state index in [0.717, 1.165) is 6.42 Å². The Hall–Kier alpha value is -0.820. The molecule has 18 heavy (non-hydrogen) atoms. The molecule has 0 bridgehead atoms. The molecular formula is C17H29N. The summed E-state index contributed by atoms with van der Waals surface area (Å²) in [4.78, 5) is 0. The lowest BCUT2D eigenvalue weighted by atomic mass is 9.82. The topological polar surface area (TPSA) is 12.0 Å². The minimum absolute atomic E-state index is 0.241. The fourth-order valence-corrected chi connectivity index (χ4v) is 2.22. The second-order valence-corrected chi connectivity index (χ2v) is 7.36. The van der Waals surface area contributed by atoms with Crippen molar-refractivity contribution in [1.82, 2.24) is 5.32 Å². The van der Waals surface area contributed by atoms with Crippen LogP contribution in [0.3, 0.4) is 0 Å². The van der Waals surface area contributed by atoms with E-state index in [9.17, 15) is 0 Å². The molecule has 0 aliphatic carbocycles. The number of hydrogen-bond acceptors (Lipinski definition) is 1. The van der Waals surface area contributed by atoms with Gasteiger partial charge in [-0.2, -0.15) is 0 Å². The zero-order valence-electron chi connectivity index (χ0n) is 13.1. The van der Waals surface area contributed by atoms with E-state index in [1.807, 2.05) is 0 Å². The first-order valence-electron chi connectivity index (χ1n) is 6.91. The monoisotopic (exact) mass is 247 g/mol. The van der Waals surface area contributed by atoms with Crippen LogP contribution in [0.1, 0.15) is 52.7 Å². The van der Waals surface area contributed by atoms with E-state index in [-0.39, 0.29) is 10.8 Å². The minimum Gasteiger partial charge on any atom is -0.316 e. The van der Waals surface area contributed by atoms with Crippen molar-refractivity contribution < 1.29 is 0 Å². The summed E-state index contributed by atoms with van der Waals surface area (Å²) in [6.07, 6.45) is 1.09. The van der Waals surface area contributed by atoms with Gasteiger partial charge < -0.3 is 5.32 Å². The van der Waals surface area contributed by atoms with Crippen LogP contribution in [0.5, 0.6) is 0 Å². The molecule has 0 spiro atoms. The molecule has 1 rings (SSSR count). The van der Waals surface area contributed by atoms with Crippen LogP contribution in [0, 0.1) is 5.41 Å². The van der Waals surface area contributed by atoms with Crippen LogP contribution >= 0.6 is 0 Å². The third-order valence-corrected chi connectivity index (χ3v) is 3.65. The van der Waals surface area contributed by atoms with Crippen molar-refractivity contribution in [3.05, 3.63) is 35.4 Å². The van der Waals surface area contributed by atoms with Gasteiger partial charge in [0.25, 0.3) is 0 Å². The van der Waals surface area contributed by atoms with E-state index in [2.05, 4.69) is 78.2 Å². The fraction of sp³-hybridized carbons (Fsp3) is 0.647. The van der Waals surface area contributed by atoms with Crippen LogP contribution in [0.15, 0.2) is 24.3 Å². The molecule has 102 valence electrons. The Morgan fingerprint density at radius 1 is 0.944 bits per heavy atom. The molecule has 0 amide bonds. The van der Waals surface area contributed by atoms with Crippen molar-refractivity contribution in [3.63, 3.8) is 0 Å². The molecule has 1 aromatic carbocycles. The van der Waals surface area contributed by atoms with Crippen LogP contribution in [0.4, 0.5) is 0 Å². The summed E-state index contributed by atoms with van der Waals surface area (Å²) in [6.45, 7) is 13.6. The molecule has 0 saturated heterocycles. The Bertz CT molecular complexity index is 362. The van der Waals surface area contributed by atoms with Crippen molar-refractivity contribution >= 4 is 0 Å². The van der Waals surface area contributed by atoms with E-state index in [0.29, 0.717) is 6.04 Å². The zero-order chi connectivity index (χ0) is 14.0. The highest BCUT2D eigenvalue weighted by Gasteiger charge is 2.23. The molecule has 0 aromatic heterocycles. The summed E-state index contributed by atoms with van der Waals surface area (Å²) >= 11 is 0. The first kappa shape index (κ1) is 15.2. The van der Waals surface area contributed by atoms with Gasteiger partial charge in [0, 0.05) is 6.04 Å². The number of nitrogens with one attached hydrogen (secondary N) is 1. The smallest absolute Gasteiger partial charge is 0.0153 e. The molecule has 1 nitrogen and oxygen atoms in total. The Labute approximate surface area is 113 Å². The molecule has 0 radical (unpaired) electrons. The van der Waals surface area contributed by atoms with Crippen molar-refractivity contribution in [2.45, 2.75) is 59.4 Å². The first-order chi connectivity index (χ1) is 8.14. The van der Waals surface area contributed by atoms with Crippen LogP contribution < -0.4 is 5.32 Å². The normalized spacial score (nSPS) is 14.6. The van der Waals surface area contributed by atoms with Crippen LogP contribution in [-0.2, 0) is 11.8 Å². The van der Waals surface area contributed by atoms with Gasteiger partial charge in [-0.1, -0.05) is 65.8 Å². The quantitative estimate of drug-likeness (QED) is 0.845. The summed E-state index contributed by atoms with van der Waals surface area (Å²) in [5.41, 5.74) is 3.35. The van der Waals surface area contributed by atoms with Crippen LogP contribution in [0.25, 0.3) is 0 Å². The Morgan fingerprint density at radius 3 is 1.78 bits per heavy atom. The molecule has 1 atom stereocenters. The molecule has 0 heterocycles. The number of hydrogen-bond donors (Lipinski definition) is 1. The molecule has 0 saturated carbocycles. The predicted molar refractivity (Wildman–Crippen MR) is 81.1 cm³/mol. The Balaban J connectivity index is 2.81. The maximum atomic E-state index is 3.44. The van der Waals surface area contributed by atoms with E-state index < -0.39 is 0 Å². The summed E-state index contributed by atoms with van der Waals surface area (Å²) in [5.74, 6) is 0. The third-order valence-electron chi connectivity index (χ3n) is 3.65. The molecule has 0 aliphatic heterocycles. The summed E-state index contributed by atoms with van der Waals surface area (Å²) in [6, 6.07) is 9.60. The van der Waals surface area contributed by atoms with Gasteiger partial charge in [-0.15, -0.1) is 0 Å². The third kappa shape index (κ3) is 4.13. The molecular weight excluding hydrogens is 218 g/mol. The average molecular weight is 247 g/mol. The van der Waals surface area contributed by atoms with E-state index >= 15 is 0 Å². The lowest BCUT2D eigenvalue weighted by Gasteiger charge is -2.30. The summed E-state index contributed by atoms with van der Waals surface area (Å²) < 4.78 is 0. The van der Waals surface area contributed by atoms with Gasteiger partial charge in [0.1, 0.15) is 0 Å². The lowest BCUT2D eigenvalue weighted by molar-refractivity contribution is 0.280. The predicted octanol–water partition coefficient (Wildman–Crippen LogP) is 4.16. The minimum atomic E-state index is 0.241. The van der Waals surface area contributed by atoms with Gasteiger partial charge in [0.05, 0.1) is 0 Å². The average Bonchev–Trinajstić information content (AvgIpc) is 2.23. The van der Waals surface area contributed by atoms with Gasteiger partial charge >= 0.3 is 0 Å². The summed E-state index contributed by atoms with van der Waals surface area (Å²) in [7, 11) is 2.06. The van der Waals surface area contributed by atoms with Gasteiger partial charge in [-0.25, -0.2) is 0 Å². The molecule has 1 heteroatoms. The van der Waals surface area contributed by atoms with Crippen molar-refractivity contribution in [3.8, 4) is 0 Å². The Kier molecular flexibility index (Phi) is 4.61. The highest BCUT2D eigenvalue weighted by molar-refractivity contribution is 5.28. The van der Waals surface area contributed by atoms with Gasteiger partial charge in [-0.05, 0) is 35.4 Å². The van der Waals surface area contributed by atoms with Gasteiger partial charge in [0.2, 0.25) is 0 Å². The fourth-order valence-electron chi connectivity index (χ4n) is 2.22. The van der Waals surface area contributed by atoms with Crippen molar-refractivity contribution in [2.24, 2.45) is 5.41 Å². The standard InChI is InChI=1S/C17H29N/c1-16(2,3)14-10-8-13(9-11-14)12-15(18-7)17(4,5)6/h8-11,15,18H,12H2,1-7H3. The SMILES string of the molecule is CNC(Cc1ccc(C(C)(C)C)cc1)C(C)(C)C. The van der Waals surface area contributed by atoms with Crippen molar-refractivity contribution in [2.75, 3.05) is 7.05 Å². The lowest BCUT2D eigenvalue weighted by Crippen LogP contribution is -2.39. The highest BCUT2D eigenvalue weighted by atomic mass is 14.9. The maximum Gasteiger partial charge on any atom is 0.0153 e. The second-order valence-electron chi connectivity index (χ2n) is 7.36. The second kappa shape index (κ2) is 5.44. The molecule has 1 unspecified atom stereocenters. The largest absolute Gasteiger partial charge is 0.316 e. The van der Waals surface area contributed by atoms with E-state index in [1.54, 1.807) is 0 Å². The van der Waals surface area contributed by atoms with Crippen molar-refractivity contribution in [1.29, 1.82) is 0 Å². The van der Waals surface area contributed by atoms with Gasteiger partial charge in [-0.3, -0.25) is 0 Å². The molecule has 1 N–H and O–H groups in total.